The number of H-pyrrole nitrogens is 1. The lowest BCUT2D eigenvalue weighted by atomic mass is 10.0. The van der Waals surface area contributed by atoms with E-state index < -0.39 is 0 Å². The molecule has 1 unspecified atom stereocenters. The van der Waals surface area contributed by atoms with Gasteiger partial charge in [0.25, 0.3) is 0 Å². The highest BCUT2D eigenvalue weighted by atomic mass is 16.5. The average molecular weight is 168 g/mol. The second kappa shape index (κ2) is 2.79. The molecule has 0 saturated heterocycles. The van der Waals surface area contributed by atoms with Gasteiger partial charge in [0.1, 0.15) is 0 Å². The molecule has 0 fully saturated rings. The summed E-state index contributed by atoms with van der Waals surface area (Å²) in [6.45, 7) is 2.95. The molecule has 1 aliphatic rings. The first-order valence-electron chi connectivity index (χ1n) is 4.26. The van der Waals surface area contributed by atoms with Crippen LogP contribution in [0.2, 0.25) is 0 Å². The molecule has 2 rings (SSSR count). The van der Waals surface area contributed by atoms with Crippen LogP contribution in [0.1, 0.15) is 30.6 Å². The maximum atomic E-state index is 11.1. The minimum absolute atomic E-state index is 0.204. The summed E-state index contributed by atoms with van der Waals surface area (Å²) in [6.07, 6.45) is 1.75. The monoisotopic (exact) mass is 168 g/mol. The van der Waals surface area contributed by atoms with Gasteiger partial charge >= 0.3 is 5.63 Å². The number of aromatic nitrogens is 1. The Morgan fingerprint density at radius 2 is 2.50 bits per heavy atom. The Balaban J connectivity index is 2.45. The van der Waals surface area contributed by atoms with Crippen LogP contribution in [0.4, 0.5) is 0 Å². The predicted molar refractivity (Wildman–Crippen MR) is 44.1 cm³/mol. The van der Waals surface area contributed by atoms with Crippen LogP contribution in [0.15, 0.2) is 9.32 Å². The zero-order chi connectivity index (χ0) is 8.55. The van der Waals surface area contributed by atoms with Crippen LogP contribution in [0.25, 0.3) is 0 Å². The van der Waals surface area contributed by atoms with Crippen LogP contribution < -0.4 is 10.9 Å². The van der Waals surface area contributed by atoms with Gasteiger partial charge in [-0.15, -0.1) is 0 Å². The summed E-state index contributed by atoms with van der Waals surface area (Å²) in [5.74, 6) is 0. The minimum Gasteiger partial charge on any atom is -0.338 e. The van der Waals surface area contributed by atoms with E-state index in [1.54, 1.807) is 0 Å². The van der Waals surface area contributed by atoms with Crippen molar-refractivity contribution in [2.24, 2.45) is 0 Å². The molecule has 0 aromatic carbocycles. The third-order valence-electron chi connectivity index (χ3n) is 2.35. The van der Waals surface area contributed by atoms with Crippen LogP contribution >= 0.6 is 0 Å². The molecular weight excluding hydrogens is 156 g/mol. The first kappa shape index (κ1) is 7.61. The van der Waals surface area contributed by atoms with E-state index in [1.807, 2.05) is 0 Å². The molecule has 0 bridgehead atoms. The van der Waals surface area contributed by atoms with Crippen molar-refractivity contribution in [2.75, 3.05) is 6.54 Å². The van der Waals surface area contributed by atoms with Crippen molar-refractivity contribution in [3.8, 4) is 0 Å². The fourth-order valence-corrected chi connectivity index (χ4v) is 1.67. The molecule has 12 heavy (non-hydrogen) atoms. The Labute approximate surface area is 69.9 Å². The number of aromatic amines is 1. The molecule has 4 heteroatoms. The van der Waals surface area contributed by atoms with Gasteiger partial charge in [-0.3, -0.25) is 0 Å². The lowest BCUT2D eigenvalue weighted by Gasteiger charge is -2.20. The quantitative estimate of drug-likeness (QED) is 0.644. The second-order valence-electron chi connectivity index (χ2n) is 3.05. The van der Waals surface area contributed by atoms with Crippen LogP contribution in [-0.2, 0) is 6.42 Å². The lowest BCUT2D eigenvalue weighted by Crippen LogP contribution is -2.30. The number of nitrogens with one attached hydrogen (secondary N) is 2. The highest BCUT2D eigenvalue weighted by molar-refractivity contribution is 5.21. The summed E-state index contributed by atoms with van der Waals surface area (Å²) >= 11 is 0. The summed E-state index contributed by atoms with van der Waals surface area (Å²) in [7, 11) is 0. The molecule has 1 aliphatic heterocycles. The van der Waals surface area contributed by atoms with Crippen molar-refractivity contribution in [2.45, 2.75) is 25.8 Å². The molecule has 66 valence electrons. The van der Waals surface area contributed by atoms with Gasteiger partial charge in [0, 0.05) is 6.54 Å². The Hall–Kier alpha value is -1.03. The van der Waals surface area contributed by atoms with Crippen molar-refractivity contribution in [3.05, 3.63) is 21.7 Å². The van der Waals surface area contributed by atoms with Crippen molar-refractivity contribution in [1.82, 2.24) is 10.5 Å². The van der Waals surface area contributed by atoms with Gasteiger partial charge in [-0.2, -0.15) is 0 Å². The summed E-state index contributed by atoms with van der Waals surface area (Å²) in [6, 6.07) is 0.264. The van der Waals surface area contributed by atoms with E-state index in [0.717, 1.165) is 30.6 Å². The Morgan fingerprint density at radius 3 is 3.25 bits per heavy atom. The standard InChI is InChI=1S/C8H12N2O2/c1-2-6-7-5(3-4-9-6)8(11)12-10-7/h6,9-10H,2-4H2,1H3. The van der Waals surface area contributed by atoms with Gasteiger partial charge in [-0.05, 0) is 12.8 Å². The predicted octanol–water partition coefficient (Wildman–Crippen LogP) is 0.565. The van der Waals surface area contributed by atoms with E-state index in [2.05, 4.69) is 17.4 Å². The van der Waals surface area contributed by atoms with E-state index >= 15 is 0 Å². The molecule has 2 N–H and O–H groups in total. The Morgan fingerprint density at radius 1 is 1.67 bits per heavy atom. The Kier molecular flexibility index (Phi) is 1.77. The maximum absolute atomic E-state index is 11.1. The van der Waals surface area contributed by atoms with Crippen molar-refractivity contribution < 1.29 is 4.52 Å². The summed E-state index contributed by atoms with van der Waals surface area (Å²) in [4.78, 5) is 11.1. The minimum atomic E-state index is -0.204. The van der Waals surface area contributed by atoms with Crippen LogP contribution in [0.3, 0.4) is 0 Å². The van der Waals surface area contributed by atoms with Crippen LogP contribution in [-0.4, -0.2) is 11.7 Å². The highest BCUT2D eigenvalue weighted by Crippen LogP contribution is 2.20. The molecule has 1 aromatic rings. The Bertz CT molecular complexity index is 326. The highest BCUT2D eigenvalue weighted by Gasteiger charge is 2.23. The molecule has 0 aliphatic carbocycles. The topological polar surface area (TPSA) is 58.0 Å². The molecule has 0 spiro atoms. The van der Waals surface area contributed by atoms with E-state index in [1.165, 1.54) is 0 Å². The van der Waals surface area contributed by atoms with Gasteiger partial charge in [0.2, 0.25) is 0 Å². The fourth-order valence-electron chi connectivity index (χ4n) is 1.67. The molecule has 1 atom stereocenters. The zero-order valence-electron chi connectivity index (χ0n) is 7.02. The van der Waals surface area contributed by atoms with Gasteiger partial charge in [-0.25, -0.2) is 9.95 Å². The molecule has 0 saturated carbocycles. The molecule has 0 amide bonds. The first-order chi connectivity index (χ1) is 5.83. The molecule has 1 aromatic heterocycles. The van der Waals surface area contributed by atoms with E-state index in [4.69, 9.17) is 4.52 Å². The number of hydrogen-bond donors (Lipinski definition) is 2. The number of rotatable bonds is 1. The van der Waals surface area contributed by atoms with E-state index in [9.17, 15) is 4.79 Å². The zero-order valence-corrected chi connectivity index (χ0v) is 7.02. The van der Waals surface area contributed by atoms with E-state index in [0.29, 0.717) is 0 Å². The molecule has 0 radical (unpaired) electrons. The lowest BCUT2D eigenvalue weighted by molar-refractivity contribution is 0.373. The first-order valence-corrected chi connectivity index (χ1v) is 4.26. The average Bonchev–Trinajstić information content (AvgIpc) is 2.48. The molecular formula is C8H12N2O2. The second-order valence-corrected chi connectivity index (χ2v) is 3.05. The summed E-state index contributed by atoms with van der Waals surface area (Å²) in [5.41, 5.74) is 1.55. The normalized spacial score (nSPS) is 22.2. The SMILES string of the molecule is CCC1NCCc2c1[nH]oc2=O. The third-order valence-corrected chi connectivity index (χ3v) is 2.35. The van der Waals surface area contributed by atoms with Crippen LogP contribution in [0, 0.1) is 0 Å². The molecule has 2 heterocycles. The summed E-state index contributed by atoms with van der Waals surface area (Å²) in [5, 5.41) is 5.99. The van der Waals surface area contributed by atoms with Gasteiger partial charge in [-0.1, -0.05) is 6.92 Å². The molecule has 4 nitrogen and oxygen atoms in total. The van der Waals surface area contributed by atoms with Crippen molar-refractivity contribution >= 4 is 0 Å². The van der Waals surface area contributed by atoms with Crippen LogP contribution in [0.5, 0.6) is 0 Å². The van der Waals surface area contributed by atoms with Crippen molar-refractivity contribution in [3.63, 3.8) is 0 Å². The van der Waals surface area contributed by atoms with Gasteiger partial charge < -0.3 is 9.84 Å². The largest absolute Gasteiger partial charge is 0.360 e. The maximum Gasteiger partial charge on any atom is 0.360 e. The van der Waals surface area contributed by atoms with Crippen molar-refractivity contribution in [1.29, 1.82) is 0 Å². The smallest absolute Gasteiger partial charge is 0.338 e. The summed E-state index contributed by atoms with van der Waals surface area (Å²) < 4.78 is 4.73. The van der Waals surface area contributed by atoms with E-state index in [-0.39, 0.29) is 11.7 Å². The fraction of sp³-hybridized carbons (Fsp3) is 0.625. The third kappa shape index (κ3) is 0.992. The number of hydrogen-bond acceptors (Lipinski definition) is 3. The van der Waals surface area contributed by atoms with Gasteiger partial charge in [0.05, 0.1) is 17.3 Å². The van der Waals surface area contributed by atoms with Gasteiger partial charge in [0.15, 0.2) is 0 Å². The number of fused-ring (bicyclic) bond motifs is 1.